The van der Waals surface area contributed by atoms with E-state index >= 15 is 0 Å². The molecule has 20 heavy (non-hydrogen) atoms. The molecule has 5 nitrogen and oxygen atoms in total. The summed E-state index contributed by atoms with van der Waals surface area (Å²) >= 11 is 0. The standard InChI is InChI=1S/C15H13N3O2/c16-10-12-6-7-14(17-11-12)18-15(19)8-9-20-13-4-2-1-3-5-13/h1-7,11H,8-9H2,(H,17,18,19). The van der Waals surface area contributed by atoms with E-state index in [0.29, 0.717) is 18.0 Å². The molecular weight excluding hydrogens is 254 g/mol. The van der Waals surface area contributed by atoms with Crippen LogP contribution in [0.15, 0.2) is 48.7 Å². The maximum Gasteiger partial charge on any atom is 0.228 e. The van der Waals surface area contributed by atoms with Crippen LogP contribution in [0, 0.1) is 11.3 Å². The number of hydrogen-bond acceptors (Lipinski definition) is 4. The molecule has 5 heteroatoms. The molecule has 0 aliphatic rings. The minimum absolute atomic E-state index is 0.182. The monoisotopic (exact) mass is 267 g/mol. The molecule has 1 aromatic carbocycles. The van der Waals surface area contributed by atoms with Gasteiger partial charge in [-0.3, -0.25) is 4.79 Å². The first-order valence-electron chi connectivity index (χ1n) is 6.12. The van der Waals surface area contributed by atoms with Crippen molar-refractivity contribution in [1.29, 1.82) is 5.26 Å². The number of benzene rings is 1. The van der Waals surface area contributed by atoms with E-state index in [9.17, 15) is 4.79 Å². The van der Waals surface area contributed by atoms with Crippen LogP contribution in [0.2, 0.25) is 0 Å². The van der Waals surface area contributed by atoms with Crippen LogP contribution in [0.5, 0.6) is 5.75 Å². The van der Waals surface area contributed by atoms with Gasteiger partial charge in [0, 0.05) is 6.20 Å². The highest BCUT2D eigenvalue weighted by molar-refractivity contribution is 5.89. The zero-order chi connectivity index (χ0) is 14.2. The molecule has 0 radical (unpaired) electrons. The van der Waals surface area contributed by atoms with Crippen LogP contribution in [0.25, 0.3) is 0 Å². The zero-order valence-corrected chi connectivity index (χ0v) is 10.7. The van der Waals surface area contributed by atoms with E-state index in [1.807, 2.05) is 36.4 Å². The van der Waals surface area contributed by atoms with Gasteiger partial charge in [0.1, 0.15) is 17.6 Å². The maximum atomic E-state index is 11.7. The molecule has 100 valence electrons. The Bertz CT molecular complexity index is 603. The van der Waals surface area contributed by atoms with Crippen molar-refractivity contribution in [2.75, 3.05) is 11.9 Å². The molecular formula is C15H13N3O2. The van der Waals surface area contributed by atoms with Crippen LogP contribution in [0.3, 0.4) is 0 Å². The van der Waals surface area contributed by atoms with Gasteiger partial charge < -0.3 is 10.1 Å². The van der Waals surface area contributed by atoms with Crippen molar-refractivity contribution < 1.29 is 9.53 Å². The zero-order valence-electron chi connectivity index (χ0n) is 10.7. The molecule has 2 aromatic rings. The molecule has 0 saturated carbocycles. The Balaban J connectivity index is 1.76. The largest absolute Gasteiger partial charge is 0.493 e. The first-order chi connectivity index (χ1) is 9.78. The number of nitrogens with one attached hydrogen (secondary N) is 1. The first-order valence-corrected chi connectivity index (χ1v) is 6.12. The number of anilines is 1. The second kappa shape index (κ2) is 6.90. The summed E-state index contributed by atoms with van der Waals surface area (Å²) in [6, 6.07) is 14.5. The van der Waals surface area contributed by atoms with Crippen molar-refractivity contribution in [1.82, 2.24) is 4.98 Å². The molecule has 1 amide bonds. The highest BCUT2D eigenvalue weighted by atomic mass is 16.5. The van der Waals surface area contributed by atoms with Gasteiger partial charge in [0.15, 0.2) is 0 Å². The average molecular weight is 267 g/mol. The maximum absolute atomic E-state index is 11.7. The van der Waals surface area contributed by atoms with Gasteiger partial charge in [-0.2, -0.15) is 5.26 Å². The molecule has 2 rings (SSSR count). The Morgan fingerprint density at radius 2 is 2.05 bits per heavy atom. The normalized spacial score (nSPS) is 9.55. The predicted octanol–water partition coefficient (Wildman–Crippen LogP) is 2.36. The van der Waals surface area contributed by atoms with E-state index in [4.69, 9.17) is 10.00 Å². The van der Waals surface area contributed by atoms with Gasteiger partial charge in [0.25, 0.3) is 0 Å². The summed E-state index contributed by atoms with van der Waals surface area (Å²) in [5, 5.41) is 11.3. The van der Waals surface area contributed by atoms with Gasteiger partial charge in [0.05, 0.1) is 18.6 Å². The van der Waals surface area contributed by atoms with Gasteiger partial charge in [-0.15, -0.1) is 0 Å². The minimum atomic E-state index is -0.182. The number of pyridine rings is 1. The summed E-state index contributed by atoms with van der Waals surface area (Å²) in [5.41, 5.74) is 0.454. The van der Waals surface area contributed by atoms with E-state index < -0.39 is 0 Å². The second-order valence-corrected chi connectivity index (χ2v) is 4.00. The highest BCUT2D eigenvalue weighted by Gasteiger charge is 2.04. The van der Waals surface area contributed by atoms with Crippen LogP contribution in [-0.4, -0.2) is 17.5 Å². The number of nitriles is 1. The Labute approximate surface area is 116 Å². The lowest BCUT2D eigenvalue weighted by molar-refractivity contribution is -0.116. The lowest BCUT2D eigenvalue weighted by Crippen LogP contribution is -2.15. The van der Waals surface area contributed by atoms with Crippen LogP contribution in [-0.2, 0) is 4.79 Å². The van der Waals surface area contributed by atoms with Gasteiger partial charge >= 0.3 is 0 Å². The number of carbonyl (C=O) groups is 1. The molecule has 0 spiro atoms. The number of ether oxygens (including phenoxy) is 1. The van der Waals surface area contributed by atoms with Gasteiger partial charge in [0.2, 0.25) is 5.91 Å². The molecule has 0 fully saturated rings. The van der Waals surface area contributed by atoms with Crippen LogP contribution >= 0.6 is 0 Å². The average Bonchev–Trinajstić information content (AvgIpc) is 2.49. The van der Waals surface area contributed by atoms with Crippen molar-refractivity contribution in [2.45, 2.75) is 6.42 Å². The summed E-state index contributed by atoms with van der Waals surface area (Å²) < 4.78 is 5.43. The molecule has 0 atom stereocenters. The third kappa shape index (κ3) is 4.10. The molecule has 0 saturated heterocycles. The third-order valence-corrected chi connectivity index (χ3v) is 2.50. The molecule has 0 aliphatic carbocycles. The molecule has 0 bridgehead atoms. The van der Waals surface area contributed by atoms with Gasteiger partial charge in [-0.25, -0.2) is 4.98 Å². The molecule has 1 aromatic heterocycles. The van der Waals surface area contributed by atoms with E-state index in [1.54, 1.807) is 12.1 Å². The number of para-hydroxylation sites is 1. The van der Waals surface area contributed by atoms with Crippen molar-refractivity contribution in [3.63, 3.8) is 0 Å². The van der Waals surface area contributed by atoms with Crippen molar-refractivity contribution in [3.05, 3.63) is 54.2 Å². The number of carbonyl (C=O) groups excluding carboxylic acids is 1. The Morgan fingerprint density at radius 1 is 1.25 bits per heavy atom. The van der Waals surface area contributed by atoms with Gasteiger partial charge in [-0.1, -0.05) is 18.2 Å². The summed E-state index contributed by atoms with van der Waals surface area (Å²) in [4.78, 5) is 15.6. The molecule has 0 aliphatic heterocycles. The third-order valence-electron chi connectivity index (χ3n) is 2.50. The van der Waals surface area contributed by atoms with Crippen LogP contribution in [0.1, 0.15) is 12.0 Å². The molecule has 1 N–H and O–H groups in total. The smallest absolute Gasteiger partial charge is 0.228 e. The number of aromatic nitrogens is 1. The van der Waals surface area contributed by atoms with E-state index in [0.717, 1.165) is 5.75 Å². The number of amides is 1. The fraction of sp³-hybridized carbons (Fsp3) is 0.133. The number of rotatable bonds is 5. The SMILES string of the molecule is N#Cc1ccc(NC(=O)CCOc2ccccc2)nc1. The van der Waals surface area contributed by atoms with E-state index in [-0.39, 0.29) is 12.3 Å². The molecule has 1 heterocycles. The Morgan fingerprint density at radius 3 is 2.70 bits per heavy atom. The second-order valence-electron chi connectivity index (χ2n) is 4.00. The van der Waals surface area contributed by atoms with E-state index in [2.05, 4.69) is 10.3 Å². The summed E-state index contributed by atoms with van der Waals surface area (Å²) in [5.74, 6) is 0.976. The Hall–Kier alpha value is -2.87. The van der Waals surface area contributed by atoms with Crippen LogP contribution < -0.4 is 10.1 Å². The van der Waals surface area contributed by atoms with Crippen LogP contribution in [0.4, 0.5) is 5.82 Å². The number of nitrogens with zero attached hydrogens (tertiary/aromatic N) is 2. The van der Waals surface area contributed by atoms with Crippen molar-refractivity contribution >= 4 is 11.7 Å². The van der Waals surface area contributed by atoms with Crippen molar-refractivity contribution in [2.24, 2.45) is 0 Å². The predicted molar refractivity (Wildman–Crippen MR) is 74.1 cm³/mol. The highest BCUT2D eigenvalue weighted by Crippen LogP contribution is 2.09. The Kier molecular flexibility index (Phi) is 4.68. The lowest BCUT2D eigenvalue weighted by atomic mass is 10.3. The topological polar surface area (TPSA) is 75.0 Å². The lowest BCUT2D eigenvalue weighted by Gasteiger charge is -2.06. The summed E-state index contributed by atoms with van der Waals surface area (Å²) in [6.45, 7) is 0.298. The molecule has 0 unspecified atom stereocenters. The fourth-order valence-electron chi connectivity index (χ4n) is 1.52. The summed E-state index contributed by atoms with van der Waals surface area (Å²) in [6.07, 6.45) is 1.65. The first kappa shape index (κ1) is 13.6. The minimum Gasteiger partial charge on any atom is -0.493 e. The summed E-state index contributed by atoms with van der Waals surface area (Å²) in [7, 11) is 0. The number of hydrogen-bond donors (Lipinski definition) is 1. The van der Waals surface area contributed by atoms with Crippen molar-refractivity contribution in [3.8, 4) is 11.8 Å². The van der Waals surface area contributed by atoms with E-state index in [1.165, 1.54) is 6.20 Å². The fourth-order valence-corrected chi connectivity index (χ4v) is 1.52. The quantitative estimate of drug-likeness (QED) is 0.902. The van der Waals surface area contributed by atoms with Gasteiger partial charge in [-0.05, 0) is 24.3 Å².